The Morgan fingerprint density at radius 2 is 2.14 bits per heavy atom. The molecule has 0 saturated carbocycles. The maximum absolute atomic E-state index is 13.3. The van der Waals surface area contributed by atoms with Crippen LogP contribution < -0.4 is 10.1 Å². The number of nitrogens with zero attached hydrogens (tertiary/aromatic N) is 4. The summed E-state index contributed by atoms with van der Waals surface area (Å²) >= 11 is 0. The average molecular weight is 387 g/mol. The van der Waals surface area contributed by atoms with Crippen molar-refractivity contribution in [1.29, 1.82) is 0 Å². The molecule has 4 rings (SSSR count). The third-order valence-electron chi connectivity index (χ3n) is 4.86. The van der Waals surface area contributed by atoms with Crippen molar-refractivity contribution >= 4 is 22.5 Å². The van der Waals surface area contributed by atoms with Crippen molar-refractivity contribution in [2.45, 2.75) is 32.1 Å². The Kier molecular flexibility index (Phi) is 4.99. The van der Waals surface area contributed by atoms with E-state index in [0.29, 0.717) is 17.5 Å². The van der Waals surface area contributed by atoms with E-state index in [1.165, 1.54) is 26.3 Å². The van der Waals surface area contributed by atoms with E-state index in [-0.39, 0.29) is 5.69 Å². The third-order valence-corrected chi connectivity index (χ3v) is 4.86. The normalized spacial score (nSPS) is 16.2. The molecule has 8 nitrogen and oxygen atoms in total. The summed E-state index contributed by atoms with van der Waals surface area (Å²) in [5.41, 5.74) is 1.43. The summed E-state index contributed by atoms with van der Waals surface area (Å²) in [6.45, 7) is 2.81. The minimum Gasteiger partial charge on any atom is -0.494 e. The van der Waals surface area contributed by atoms with E-state index in [2.05, 4.69) is 15.5 Å². The number of alkyl halides is 1. The molecule has 0 bridgehead atoms. The molecule has 1 aliphatic rings. The molecule has 1 unspecified atom stereocenters. The summed E-state index contributed by atoms with van der Waals surface area (Å²) in [4.78, 5) is 12.5. The molecule has 28 heavy (non-hydrogen) atoms. The SMILES string of the molecule is COc1cc2nn(C3CCOCC3)cc2cc1NC(=O)c1ccn(C(C)F)n1. The zero-order chi connectivity index (χ0) is 19.7. The van der Waals surface area contributed by atoms with E-state index in [1.807, 2.05) is 16.9 Å². The Balaban J connectivity index is 1.60. The molecule has 0 radical (unpaired) electrons. The number of hydrogen-bond acceptors (Lipinski definition) is 5. The molecule has 1 atom stereocenters. The van der Waals surface area contributed by atoms with Crippen molar-refractivity contribution in [3.8, 4) is 5.75 Å². The highest BCUT2D eigenvalue weighted by molar-refractivity contribution is 6.05. The number of fused-ring (bicyclic) bond motifs is 1. The fourth-order valence-corrected chi connectivity index (χ4v) is 3.32. The molecule has 1 amide bonds. The zero-order valence-corrected chi connectivity index (χ0v) is 15.8. The van der Waals surface area contributed by atoms with Crippen LogP contribution in [0, 0.1) is 0 Å². The molecule has 1 aromatic carbocycles. The van der Waals surface area contributed by atoms with Crippen molar-refractivity contribution in [2.24, 2.45) is 0 Å². The van der Waals surface area contributed by atoms with E-state index in [4.69, 9.17) is 9.47 Å². The number of carbonyl (C=O) groups is 1. The lowest BCUT2D eigenvalue weighted by Gasteiger charge is -2.22. The Hall–Kier alpha value is -2.94. The standard InChI is InChI=1S/C19H22FN5O3/c1-12(20)24-6-3-15(22-24)19(26)21-17-9-13-11-25(14-4-7-28-8-5-14)23-16(13)10-18(17)27-2/h3,6,9-12,14H,4-5,7-8H2,1-2H3,(H,21,26). The number of carbonyl (C=O) groups excluding carboxylic acids is 1. The number of ether oxygens (including phenoxy) is 2. The molecular weight excluding hydrogens is 365 g/mol. The van der Waals surface area contributed by atoms with Crippen LogP contribution in [-0.2, 0) is 4.74 Å². The topological polar surface area (TPSA) is 83.2 Å². The van der Waals surface area contributed by atoms with E-state index >= 15 is 0 Å². The summed E-state index contributed by atoms with van der Waals surface area (Å²) in [6.07, 6.45) is 3.94. The van der Waals surface area contributed by atoms with Crippen LogP contribution in [0.25, 0.3) is 10.9 Å². The van der Waals surface area contributed by atoms with Gasteiger partial charge in [0.2, 0.25) is 0 Å². The van der Waals surface area contributed by atoms with Gasteiger partial charge in [-0.2, -0.15) is 10.2 Å². The molecular formula is C19H22FN5O3. The molecule has 0 aliphatic carbocycles. The van der Waals surface area contributed by atoms with E-state index < -0.39 is 12.2 Å². The van der Waals surface area contributed by atoms with Gasteiger partial charge in [-0.05, 0) is 31.9 Å². The predicted octanol–water partition coefficient (Wildman–Crippen LogP) is 3.33. The third kappa shape index (κ3) is 3.57. The van der Waals surface area contributed by atoms with Crippen molar-refractivity contribution < 1.29 is 18.7 Å². The van der Waals surface area contributed by atoms with Crippen LogP contribution in [-0.4, -0.2) is 45.8 Å². The van der Waals surface area contributed by atoms with Crippen LogP contribution in [0.1, 0.15) is 42.6 Å². The Labute approximate surface area is 161 Å². The second kappa shape index (κ2) is 7.59. The summed E-state index contributed by atoms with van der Waals surface area (Å²) in [5, 5.41) is 12.3. The molecule has 1 saturated heterocycles. The molecule has 3 heterocycles. The minimum atomic E-state index is -1.30. The quantitative estimate of drug-likeness (QED) is 0.726. The number of amides is 1. The van der Waals surface area contributed by atoms with Gasteiger partial charge < -0.3 is 14.8 Å². The molecule has 2 aromatic heterocycles. The van der Waals surface area contributed by atoms with Crippen molar-refractivity contribution in [3.05, 3.63) is 36.3 Å². The lowest BCUT2D eigenvalue weighted by molar-refractivity contribution is 0.0664. The number of nitrogens with one attached hydrogen (secondary N) is 1. The molecule has 3 aromatic rings. The summed E-state index contributed by atoms with van der Waals surface area (Å²) in [6, 6.07) is 5.39. The smallest absolute Gasteiger partial charge is 0.276 e. The summed E-state index contributed by atoms with van der Waals surface area (Å²) in [7, 11) is 1.53. The first-order valence-electron chi connectivity index (χ1n) is 9.20. The molecule has 0 spiro atoms. The zero-order valence-electron chi connectivity index (χ0n) is 15.8. The molecule has 148 valence electrons. The fraction of sp³-hybridized carbons (Fsp3) is 0.421. The minimum absolute atomic E-state index is 0.129. The van der Waals surface area contributed by atoms with Gasteiger partial charge in [-0.15, -0.1) is 0 Å². The average Bonchev–Trinajstić information content (AvgIpc) is 3.35. The predicted molar refractivity (Wildman–Crippen MR) is 101 cm³/mol. The fourth-order valence-electron chi connectivity index (χ4n) is 3.32. The molecule has 1 N–H and O–H groups in total. The Morgan fingerprint density at radius 3 is 2.82 bits per heavy atom. The van der Waals surface area contributed by atoms with Crippen molar-refractivity contribution in [3.63, 3.8) is 0 Å². The van der Waals surface area contributed by atoms with Crippen LogP contribution in [0.15, 0.2) is 30.6 Å². The number of methoxy groups -OCH3 is 1. The van der Waals surface area contributed by atoms with Gasteiger partial charge in [0.15, 0.2) is 12.0 Å². The van der Waals surface area contributed by atoms with E-state index in [1.54, 1.807) is 6.07 Å². The van der Waals surface area contributed by atoms with Gasteiger partial charge in [-0.25, -0.2) is 9.07 Å². The highest BCUT2D eigenvalue weighted by atomic mass is 19.1. The van der Waals surface area contributed by atoms with Gasteiger partial charge in [0.1, 0.15) is 5.75 Å². The maximum Gasteiger partial charge on any atom is 0.276 e. The number of rotatable bonds is 5. The Bertz CT molecular complexity index is 991. The summed E-state index contributed by atoms with van der Waals surface area (Å²) < 4.78 is 27.2. The van der Waals surface area contributed by atoms with Crippen LogP contribution in [0.3, 0.4) is 0 Å². The van der Waals surface area contributed by atoms with Crippen LogP contribution in [0.5, 0.6) is 5.75 Å². The van der Waals surface area contributed by atoms with Crippen LogP contribution in [0.4, 0.5) is 10.1 Å². The van der Waals surface area contributed by atoms with E-state index in [0.717, 1.165) is 41.6 Å². The lowest BCUT2D eigenvalue weighted by atomic mass is 10.1. The second-order valence-electron chi connectivity index (χ2n) is 6.77. The molecule has 1 aliphatic heterocycles. The first kappa shape index (κ1) is 18.4. The van der Waals surface area contributed by atoms with Gasteiger partial charge in [0.05, 0.1) is 24.4 Å². The molecule has 9 heteroatoms. The monoisotopic (exact) mass is 387 g/mol. The molecule has 1 fully saturated rings. The van der Waals surface area contributed by atoms with E-state index in [9.17, 15) is 9.18 Å². The van der Waals surface area contributed by atoms with Gasteiger partial charge in [0, 0.05) is 37.1 Å². The van der Waals surface area contributed by atoms with Crippen LogP contribution in [0.2, 0.25) is 0 Å². The summed E-state index contributed by atoms with van der Waals surface area (Å²) in [5.74, 6) is 0.0604. The van der Waals surface area contributed by atoms with Gasteiger partial charge in [-0.3, -0.25) is 9.48 Å². The van der Waals surface area contributed by atoms with Gasteiger partial charge >= 0.3 is 0 Å². The number of benzene rings is 1. The highest BCUT2D eigenvalue weighted by Crippen LogP contribution is 2.31. The van der Waals surface area contributed by atoms with Crippen molar-refractivity contribution in [1.82, 2.24) is 19.6 Å². The second-order valence-corrected chi connectivity index (χ2v) is 6.77. The number of aromatic nitrogens is 4. The first-order chi connectivity index (χ1) is 13.5. The number of hydrogen-bond donors (Lipinski definition) is 1. The number of halogens is 1. The van der Waals surface area contributed by atoms with Gasteiger partial charge in [-0.1, -0.05) is 0 Å². The van der Waals surface area contributed by atoms with Crippen LogP contribution >= 0.6 is 0 Å². The Morgan fingerprint density at radius 1 is 1.36 bits per heavy atom. The van der Waals surface area contributed by atoms with Gasteiger partial charge in [0.25, 0.3) is 5.91 Å². The number of anilines is 1. The first-order valence-corrected chi connectivity index (χ1v) is 9.20. The lowest BCUT2D eigenvalue weighted by Crippen LogP contribution is -2.19. The highest BCUT2D eigenvalue weighted by Gasteiger charge is 2.19. The largest absolute Gasteiger partial charge is 0.494 e. The maximum atomic E-state index is 13.3. The van der Waals surface area contributed by atoms with Crippen molar-refractivity contribution in [2.75, 3.05) is 25.6 Å².